The van der Waals surface area contributed by atoms with Crippen LogP contribution in [0, 0.1) is 0 Å². The van der Waals surface area contributed by atoms with Crippen LogP contribution in [-0.2, 0) is 25.4 Å². The quantitative estimate of drug-likeness (QED) is 0.0747. The van der Waals surface area contributed by atoms with Crippen molar-refractivity contribution >= 4 is 62.9 Å². The molecule has 0 saturated carbocycles. The lowest BCUT2D eigenvalue weighted by Crippen LogP contribution is -2.19. The van der Waals surface area contributed by atoms with Crippen LogP contribution in [0.15, 0.2) is 27.5 Å². The summed E-state index contributed by atoms with van der Waals surface area (Å²) in [5, 5.41) is 18.2. The second-order valence-corrected chi connectivity index (χ2v) is 8.26. The van der Waals surface area contributed by atoms with E-state index in [2.05, 4.69) is 25.1 Å². The number of nitrogens with two attached hydrogens (primary N) is 1. The molecule has 1 rings (SSSR count). The van der Waals surface area contributed by atoms with Crippen LogP contribution in [0.1, 0.15) is 5.69 Å². The summed E-state index contributed by atoms with van der Waals surface area (Å²) in [5.74, 6) is 4.09. The van der Waals surface area contributed by atoms with Gasteiger partial charge in [-0.3, -0.25) is 9.71 Å². The number of hydrazine groups is 1. The number of sulfonamides is 1. The van der Waals surface area contributed by atoms with Gasteiger partial charge < -0.3 is 15.6 Å². The Hall–Kier alpha value is -2.49. The van der Waals surface area contributed by atoms with E-state index in [0.29, 0.717) is 23.8 Å². The Bertz CT molecular complexity index is 789. The number of hydrogen-bond donors (Lipinski definition) is 5. The lowest BCUT2D eigenvalue weighted by Gasteiger charge is -1.96. The Labute approximate surface area is 169 Å². The average molecular weight is 453 g/mol. The van der Waals surface area contributed by atoms with E-state index in [9.17, 15) is 18.0 Å². The van der Waals surface area contributed by atoms with Crippen molar-refractivity contribution in [1.29, 1.82) is 0 Å². The molecule has 0 aromatic carbocycles. The predicted molar refractivity (Wildman–Crippen MR) is 110 cm³/mol. The molecule has 0 unspecified atom stereocenters. The van der Waals surface area contributed by atoms with E-state index in [1.54, 1.807) is 11.8 Å². The molecule has 0 aliphatic heterocycles. The van der Waals surface area contributed by atoms with E-state index in [1.165, 1.54) is 24.0 Å². The molecule has 1 aromatic rings. The summed E-state index contributed by atoms with van der Waals surface area (Å²) in [6.07, 6.45) is 4.77. The van der Waals surface area contributed by atoms with Crippen LogP contribution in [0.4, 0.5) is 5.13 Å². The fourth-order valence-electron chi connectivity index (χ4n) is 1.15. The van der Waals surface area contributed by atoms with Crippen molar-refractivity contribution in [3.63, 3.8) is 0 Å². The van der Waals surface area contributed by atoms with Crippen molar-refractivity contribution in [1.82, 2.24) is 15.1 Å². The predicted octanol–water partition coefficient (Wildman–Crippen LogP) is -0.211. The number of thioether (sulfide) groups is 1. The minimum absolute atomic E-state index is 0.541. The molecule has 0 amide bonds. The summed E-state index contributed by atoms with van der Waals surface area (Å²) >= 11 is 3.10. The monoisotopic (exact) mass is 452 g/mol. The first kappa shape index (κ1) is 25.5. The highest BCUT2D eigenvalue weighted by Gasteiger charge is 2.00. The Morgan fingerprint density at radius 2 is 1.96 bits per heavy atom. The topological polar surface area (TPSA) is 196 Å². The zero-order valence-electron chi connectivity index (χ0n) is 14.7. The SMILES string of the molecule is CS(=O)(=O)NC=NCCSCc1csc(N=CNN)n1.O=C(O)/C=C\C(=O)O. The first-order chi connectivity index (χ1) is 13.1. The first-order valence-corrected chi connectivity index (χ1v) is 11.2. The maximum atomic E-state index is 10.7. The third-order valence-electron chi connectivity index (χ3n) is 2.13. The molecule has 28 heavy (non-hydrogen) atoms. The number of nitrogens with zero attached hydrogens (tertiary/aromatic N) is 3. The molecule has 0 aliphatic rings. The molecule has 1 heterocycles. The van der Waals surface area contributed by atoms with Gasteiger partial charge in [-0.1, -0.05) is 0 Å². The van der Waals surface area contributed by atoms with Gasteiger partial charge in [-0.05, 0) is 0 Å². The van der Waals surface area contributed by atoms with Gasteiger partial charge >= 0.3 is 11.9 Å². The van der Waals surface area contributed by atoms with E-state index in [0.717, 1.165) is 23.5 Å². The van der Waals surface area contributed by atoms with Gasteiger partial charge in [0.2, 0.25) is 15.2 Å². The standard InChI is InChI=1S/C9H16N6O2S3.C4H4O4/c1-20(16,17)14-6-11-2-3-18-4-8-5-19-9(15-8)12-7-13-10;5-3(6)1-2-4(7)8/h5-7H,2-4,10H2,1H3,(H,11,14)(H,12,13,15);1-2H,(H,5,6)(H,7,8)/b;2-1-. The van der Waals surface area contributed by atoms with Crippen LogP contribution >= 0.6 is 23.1 Å². The molecule has 1 aromatic heterocycles. The second-order valence-electron chi connectivity index (χ2n) is 4.53. The normalized spacial score (nSPS) is 11.5. The van der Waals surface area contributed by atoms with E-state index < -0.39 is 22.0 Å². The van der Waals surface area contributed by atoms with Gasteiger partial charge in [-0.2, -0.15) is 11.8 Å². The van der Waals surface area contributed by atoms with Crippen LogP contribution in [0.3, 0.4) is 0 Å². The number of hydrogen-bond acceptors (Lipinski definition) is 10. The van der Waals surface area contributed by atoms with Gasteiger partial charge in [-0.25, -0.2) is 33.8 Å². The summed E-state index contributed by atoms with van der Waals surface area (Å²) in [6, 6.07) is 0. The number of aromatic nitrogens is 1. The highest BCUT2D eigenvalue weighted by atomic mass is 32.2. The number of rotatable bonds is 11. The minimum Gasteiger partial charge on any atom is -0.478 e. The van der Waals surface area contributed by atoms with Crippen molar-refractivity contribution in [3.8, 4) is 0 Å². The molecular formula is C13H20N6O6S3. The number of aliphatic carboxylic acids is 2. The molecule has 0 saturated heterocycles. The highest BCUT2D eigenvalue weighted by molar-refractivity contribution is 7.98. The van der Waals surface area contributed by atoms with Crippen molar-refractivity contribution in [2.45, 2.75) is 5.75 Å². The van der Waals surface area contributed by atoms with Crippen LogP contribution in [-0.4, -0.2) is 66.8 Å². The van der Waals surface area contributed by atoms with Crippen LogP contribution in [0.25, 0.3) is 0 Å². The molecule has 0 spiro atoms. The number of carboxylic acid groups (broad SMARTS) is 2. The maximum Gasteiger partial charge on any atom is 0.328 e. The molecule has 0 fully saturated rings. The average Bonchev–Trinajstić information content (AvgIpc) is 3.04. The number of carboxylic acids is 2. The Kier molecular flexibility index (Phi) is 13.3. The summed E-state index contributed by atoms with van der Waals surface area (Å²) < 4.78 is 23.7. The zero-order valence-corrected chi connectivity index (χ0v) is 17.1. The first-order valence-electron chi connectivity index (χ1n) is 7.24. The van der Waals surface area contributed by atoms with Gasteiger partial charge in [0.25, 0.3) is 0 Å². The number of carbonyl (C=O) groups is 2. The largest absolute Gasteiger partial charge is 0.478 e. The minimum atomic E-state index is -3.21. The van der Waals surface area contributed by atoms with Crippen LogP contribution in [0.2, 0.25) is 0 Å². The highest BCUT2D eigenvalue weighted by Crippen LogP contribution is 2.21. The third-order valence-corrected chi connectivity index (χ3v) is 4.43. The lowest BCUT2D eigenvalue weighted by atomic mass is 10.5. The van der Waals surface area contributed by atoms with Gasteiger partial charge in [-0.15, -0.1) is 11.3 Å². The zero-order chi connectivity index (χ0) is 21.4. The van der Waals surface area contributed by atoms with E-state index in [4.69, 9.17) is 16.1 Å². The molecule has 12 nitrogen and oxygen atoms in total. The number of aliphatic imine (C=N–C) groups is 2. The van der Waals surface area contributed by atoms with Crippen LogP contribution in [0.5, 0.6) is 0 Å². The fraction of sp³-hybridized carbons (Fsp3) is 0.308. The third kappa shape index (κ3) is 17.0. The second kappa shape index (κ2) is 14.6. The Morgan fingerprint density at radius 3 is 2.50 bits per heavy atom. The van der Waals surface area contributed by atoms with Gasteiger partial charge in [0.1, 0.15) is 6.34 Å². The molecule has 15 heteroatoms. The van der Waals surface area contributed by atoms with Gasteiger partial charge in [0.15, 0.2) is 0 Å². The van der Waals surface area contributed by atoms with E-state index in [1.807, 2.05) is 5.38 Å². The van der Waals surface area contributed by atoms with Gasteiger partial charge in [0, 0.05) is 35.6 Å². The van der Waals surface area contributed by atoms with Crippen molar-refractivity contribution in [2.24, 2.45) is 15.8 Å². The molecule has 156 valence electrons. The molecule has 6 N–H and O–H groups in total. The summed E-state index contributed by atoms with van der Waals surface area (Å²) in [6.45, 7) is 0.541. The van der Waals surface area contributed by atoms with Crippen molar-refractivity contribution < 1.29 is 28.2 Å². The smallest absolute Gasteiger partial charge is 0.328 e. The lowest BCUT2D eigenvalue weighted by molar-refractivity contribution is -0.134. The fourth-order valence-corrected chi connectivity index (χ4v) is 2.92. The Morgan fingerprint density at radius 1 is 1.32 bits per heavy atom. The molecule has 0 aliphatic carbocycles. The molecule has 0 radical (unpaired) electrons. The van der Waals surface area contributed by atoms with Gasteiger partial charge in [0.05, 0.1) is 18.3 Å². The summed E-state index contributed by atoms with van der Waals surface area (Å²) in [4.78, 5) is 31.3. The van der Waals surface area contributed by atoms with Crippen LogP contribution < -0.4 is 16.0 Å². The summed E-state index contributed by atoms with van der Waals surface area (Å²) in [5.41, 5.74) is 3.26. The molecular weight excluding hydrogens is 432 g/mol. The maximum absolute atomic E-state index is 10.7. The van der Waals surface area contributed by atoms with E-state index >= 15 is 0 Å². The number of nitrogens with one attached hydrogen (secondary N) is 2. The Balaban J connectivity index is 0.000000769. The number of thiazole rings is 1. The molecule has 0 atom stereocenters. The van der Waals surface area contributed by atoms with Crippen molar-refractivity contribution in [2.75, 3.05) is 18.6 Å². The molecule has 0 bridgehead atoms. The summed E-state index contributed by atoms with van der Waals surface area (Å²) in [7, 11) is -3.21. The van der Waals surface area contributed by atoms with E-state index in [-0.39, 0.29) is 0 Å². The van der Waals surface area contributed by atoms with Crippen molar-refractivity contribution in [3.05, 3.63) is 23.2 Å².